The van der Waals surface area contributed by atoms with Crippen molar-refractivity contribution in [1.82, 2.24) is 0 Å². The first-order valence-electron chi connectivity index (χ1n) is 2.76. The minimum atomic E-state index is -0.207. The normalized spacial score (nSPS) is 17.2. The van der Waals surface area contributed by atoms with Crippen molar-refractivity contribution in [2.75, 3.05) is 0 Å². The van der Waals surface area contributed by atoms with Gasteiger partial charge in [0, 0.05) is 6.92 Å². The molecule has 0 aromatic heterocycles. The molecule has 0 aromatic rings. The summed E-state index contributed by atoms with van der Waals surface area (Å²) in [6.45, 7) is 14.9. The molecule has 0 rings (SSSR count). The van der Waals surface area contributed by atoms with Crippen molar-refractivity contribution < 1.29 is 0 Å². The Morgan fingerprint density at radius 3 is 2.38 bits per heavy atom. The van der Waals surface area contributed by atoms with Gasteiger partial charge in [0.25, 0.3) is 0 Å². The molecule has 0 fully saturated rings. The summed E-state index contributed by atoms with van der Waals surface area (Å²) in [6.07, 6.45) is 3.55. The molecule has 0 nitrogen and oxygen atoms in total. The lowest BCUT2D eigenvalue weighted by Crippen LogP contribution is -2.05. The van der Waals surface area contributed by atoms with Gasteiger partial charge in [-0.2, -0.15) is 6.42 Å². The zero-order chi connectivity index (χ0) is 6.62. The van der Waals surface area contributed by atoms with Crippen LogP contribution in [0.4, 0.5) is 0 Å². The maximum Gasteiger partial charge on any atom is 0.121 e. The molecule has 0 spiro atoms. The minimum absolute atomic E-state index is 0.207. The highest BCUT2D eigenvalue weighted by atomic mass is 14.1. The second-order valence-electron chi connectivity index (χ2n) is 2.17. The molecular weight excluding hydrogens is 96.1 g/mol. The largest absolute Gasteiger partial charge is 0.343 e. The number of rotatable bonds is 3. The van der Waals surface area contributed by atoms with Crippen LogP contribution in [-0.4, -0.2) is 0 Å². The van der Waals surface area contributed by atoms with Gasteiger partial charge in [0.2, 0.25) is 0 Å². The Morgan fingerprint density at radius 1 is 1.75 bits per heavy atom. The van der Waals surface area contributed by atoms with E-state index in [0.29, 0.717) is 0 Å². The van der Waals surface area contributed by atoms with Crippen LogP contribution in [-0.2, 0) is 0 Å². The molecular formula is C8H13. The first kappa shape index (κ1) is 7.61. The highest BCUT2D eigenvalue weighted by Gasteiger charge is 2.17. The molecule has 0 aliphatic heterocycles. The van der Waals surface area contributed by atoms with Gasteiger partial charge in [0.05, 0.1) is 6.92 Å². The Labute approximate surface area is 52.6 Å². The first-order valence-corrected chi connectivity index (χ1v) is 2.76. The van der Waals surface area contributed by atoms with Crippen molar-refractivity contribution in [2.24, 2.45) is 5.41 Å². The minimum Gasteiger partial charge on any atom is -0.343 e. The quantitative estimate of drug-likeness (QED) is 0.385. The molecule has 1 radical (unpaired) electrons. The predicted molar refractivity (Wildman–Crippen MR) is 37.9 cm³/mol. The SMILES string of the molecule is [CH2]C([CH2+])(C=C)CC[CH2-]. The summed E-state index contributed by atoms with van der Waals surface area (Å²) >= 11 is 0. The maximum absolute atomic E-state index is 3.81. The number of allylic oxidation sites excluding steroid dienone is 1. The van der Waals surface area contributed by atoms with Crippen molar-refractivity contribution in [1.29, 1.82) is 0 Å². The standard InChI is InChI=1S/C8H13/c1-5-7-8(3,4)6-2/h6H,1-5,7H2. The van der Waals surface area contributed by atoms with Crippen LogP contribution in [0.15, 0.2) is 12.7 Å². The summed E-state index contributed by atoms with van der Waals surface area (Å²) in [5.41, 5.74) is -0.207. The molecule has 0 aliphatic carbocycles. The molecule has 0 heteroatoms. The van der Waals surface area contributed by atoms with Gasteiger partial charge in [-0.25, -0.2) is 0 Å². The molecule has 0 saturated carbocycles. The van der Waals surface area contributed by atoms with Crippen molar-refractivity contribution in [2.45, 2.75) is 12.8 Å². The lowest BCUT2D eigenvalue weighted by molar-refractivity contribution is 0.562. The van der Waals surface area contributed by atoms with Crippen molar-refractivity contribution in [3.8, 4) is 0 Å². The van der Waals surface area contributed by atoms with Gasteiger partial charge in [-0.3, -0.25) is 0 Å². The van der Waals surface area contributed by atoms with E-state index < -0.39 is 0 Å². The third-order valence-corrected chi connectivity index (χ3v) is 1.11. The maximum atomic E-state index is 3.81. The Bertz CT molecular complexity index is 70.1. The predicted octanol–water partition coefficient (Wildman–Crippen LogP) is 2.44. The van der Waals surface area contributed by atoms with Crippen LogP contribution in [0.3, 0.4) is 0 Å². The van der Waals surface area contributed by atoms with Gasteiger partial charge in [-0.15, -0.1) is 0 Å². The van der Waals surface area contributed by atoms with Crippen LogP contribution >= 0.6 is 0 Å². The number of hydrogen-bond donors (Lipinski definition) is 0. The molecule has 0 amide bonds. The van der Waals surface area contributed by atoms with Gasteiger partial charge < -0.3 is 6.92 Å². The topological polar surface area (TPSA) is 0 Å². The van der Waals surface area contributed by atoms with E-state index in [-0.39, 0.29) is 5.41 Å². The fourth-order valence-corrected chi connectivity index (χ4v) is 0.454. The smallest absolute Gasteiger partial charge is 0.121 e. The summed E-state index contributed by atoms with van der Waals surface area (Å²) in [5, 5.41) is 0. The van der Waals surface area contributed by atoms with E-state index in [1.165, 1.54) is 0 Å². The molecule has 0 aliphatic rings. The first-order chi connectivity index (χ1) is 3.62. The van der Waals surface area contributed by atoms with E-state index >= 15 is 0 Å². The van der Waals surface area contributed by atoms with Gasteiger partial charge >= 0.3 is 0 Å². The van der Waals surface area contributed by atoms with Gasteiger partial charge in [-0.05, 0) is 12.5 Å². The van der Waals surface area contributed by atoms with E-state index in [0.717, 1.165) is 12.8 Å². The zero-order valence-electron chi connectivity index (χ0n) is 5.32. The summed E-state index contributed by atoms with van der Waals surface area (Å²) < 4.78 is 0. The molecule has 45 valence electrons. The van der Waals surface area contributed by atoms with Crippen LogP contribution in [0.25, 0.3) is 0 Å². The van der Waals surface area contributed by atoms with Crippen molar-refractivity contribution >= 4 is 0 Å². The fraction of sp³-hybridized carbons (Fsp3) is 0.375. The molecule has 8 heavy (non-hydrogen) atoms. The van der Waals surface area contributed by atoms with Gasteiger partial charge in [0.1, 0.15) is 5.41 Å². The third kappa shape index (κ3) is 2.73. The van der Waals surface area contributed by atoms with E-state index in [9.17, 15) is 0 Å². The Balaban J connectivity index is 3.53. The Kier molecular flexibility index (Phi) is 2.67. The molecule has 0 aromatic carbocycles. The molecule has 0 saturated heterocycles. The Hall–Kier alpha value is -0.390. The highest BCUT2D eigenvalue weighted by molar-refractivity contribution is 4.99. The molecule has 0 unspecified atom stereocenters. The van der Waals surface area contributed by atoms with Gasteiger partial charge in [0.15, 0.2) is 0 Å². The van der Waals surface area contributed by atoms with Crippen molar-refractivity contribution in [3.05, 3.63) is 33.4 Å². The summed E-state index contributed by atoms with van der Waals surface area (Å²) in [4.78, 5) is 0. The summed E-state index contributed by atoms with van der Waals surface area (Å²) in [6, 6.07) is 0. The number of hydrogen-bond acceptors (Lipinski definition) is 0. The van der Waals surface area contributed by atoms with Crippen LogP contribution in [0.1, 0.15) is 12.8 Å². The van der Waals surface area contributed by atoms with Crippen LogP contribution in [0, 0.1) is 26.2 Å². The average molecular weight is 109 g/mol. The van der Waals surface area contributed by atoms with Crippen LogP contribution in [0.2, 0.25) is 0 Å². The second kappa shape index (κ2) is 2.81. The molecule has 0 N–H and O–H groups in total. The van der Waals surface area contributed by atoms with E-state index in [4.69, 9.17) is 0 Å². The fourth-order valence-electron chi connectivity index (χ4n) is 0.454. The molecule has 0 atom stereocenters. The van der Waals surface area contributed by atoms with E-state index in [1.807, 2.05) is 0 Å². The van der Waals surface area contributed by atoms with Gasteiger partial charge in [-0.1, -0.05) is 6.58 Å². The highest BCUT2D eigenvalue weighted by Crippen LogP contribution is 2.20. The second-order valence-corrected chi connectivity index (χ2v) is 2.17. The summed E-state index contributed by atoms with van der Waals surface area (Å²) in [7, 11) is 0. The lowest BCUT2D eigenvalue weighted by atomic mass is 9.89. The zero-order valence-corrected chi connectivity index (χ0v) is 5.32. The summed E-state index contributed by atoms with van der Waals surface area (Å²) in [5.74, 6) is 0. The molecule has 0 bridgehead atoms. The monoisotopic (exact) mass is 109 g/mol. The van der Waals surface area contributed by atoms with Crippen LogP contribution in [0.5, 0.6) is 0 Å². The molecule has 0 heterocycles. The lowest BCUT2D eigenvalue weighted by Gasteiger charge is -2.11. The van der Waals surface area contributed by atoms with Crippen molar-refractivity contribution in [3.63, 3.8) is 0 Å². The van der Waals surface area contributed by atoms with E-state index in [2.05, 4.69) is 27.4 Å². The third-order valence-electron chi connectivity index (χ3n) is 1.11. The Morgan fingerprint density at radius 2 is 2.25 bits per heavy atom. The average Bonchev–Trinajstić information content (AvgIpc) is 1.67. The van der Waals surface area contributed by atoms with E-state index in [1.54, 1.807) is 6.08 Å². The van der Waals surface area contributed by atoms with Crippen LogP contribution < -0.4 is 0 Å².